The standard InChI is InChI=1S/C17H16O3S/c18-17(19)9-12-5-7-14(8-6-12)21-11-13-10-20-16-4-2-1-3-15(13)16/h1-8,13H,9-11H2,(H,18,19). The normalized spacial score (nSPS) is 16.3. The lowest BCUT2D eigenvalue weighted by atomic mass is 10.0. The van der Waals surface area contributed by atoms with Crippen LogP contribution in [0.3, 0.4) is 0 Å². The van der Waals surface area contributed by atoms with Crippen LogP contribution in [0.1, 0.15) is 17.0 Å². The fraction of sp³-hybridized carbons (Fsp3) is 0.235. The summed E-state index contributed by atoms with van der Waals surface area (Å²) in [4.78, 5) is 11.8. The average Bonchev–Trinajstić information content (AvgIpc) is 2.89. The molecule has 3 rings (SSSR count). The third kappa shape index (κ3) is 3.39. The third-order valence-electron chi connectivity index (χ3n) is 3.53. The van der Waals surface area contributed by atoms with Crippen molar-refractivity contribution >= 4 is 17.7 Å². The van der Waals surface area contributed by atoms with Crippen LogP contribution in [0.4, 0.5) is 0 Å². The summed E-state index contributed by atoms with van der Waals surface area (Å²) in [6.07, 6.45) is 0.0782. The van der Waals surface area contributed by atoms with Crippen LogP contribution in [0.5, 0.6) is 5.75 Å². The highest BCUT2D eigenvalue weighted by atomic mass is 32.2. The summed E-state index contributed by atoms with van der Waals surface area (Å²) in [5, 5.41) is 8.76. The van der Waals surface area contributed by atoms with Gasteiger partial charge in [0.15, 0.2) is 0 Å². The Morgan fingerprint density at radius 2 is 1.95 bits per heavy atom. The van der Waals surface area contributed by atoms with Gasteiger partial charge in [-0.2, -0.15) is 0 Å². The van der Waals surface area contributed by atoms with Crippen LogP contribution in [0.25, 0.3) is 0 Å². The van der Waals surface area contributed by atoms with Crippen molar-refractivity contribution in [3.8, 4) is 5.75 Å². The molecule has 1 atom stereocenters. The maximum absolute atomic E-state index is 10.7. The van der Waals surface area contributed by atoms with Crippen LogP contribution in [-0.4, -0.2) is 23.4 Å². The quantitative estimate of drug-likeness (QED) is 0.857. The predicted molar refractivity (Wildman–Crippen MR) is 83.2 cm³/mol. The molecule has 4 heteroatoms. The maximum atomic E-state index is 10.7. The molecular formula is C17H16O3S. The number of hydrogen-bond donors (Lipinski definition) is 1. The van der Waals surface area contributed by atoms with Crippen LogP contribution in [0.15, 0.2) is 53.4 Å². The van der Waals surface area contributed by atoms with Gasteiger partial charge in [0.2, 0.25) is 0 Å². The monoisotopic (exact) mass is 300 g/mol. The minimum absolute atomic E-state index is 0.0782. The first-order valence-electron chi connectivity index (χ1n) is 6.87. The molecule has 21 heavy (non-hydrogen) atoms. The molecule has 108 valence electrons. The largest absolute Gasteiger partial charge is 0.493 e. The molecule has 1 heterocycles. The summed E-state index contributed by atoms with van der Waals surface area (Å²) in [6, 6.07) is 15.9. The van der Waals surface area contributed by atoms with Gasteiger partial charge in [-0.1, -0.05) is 30.3 Å². The number of benzene rings is 2. The van der Waals surface area contributed by atoms with Crippen molar-refractivity contribution in [2.45, 2.75) is 17.2 Å². The molecule has 1 aliphatic heterocycles. The van der Waals surface area contributed by atoms with Crippen LogP contribution >= 0.6 is 11.8 Å². The lowest BCUT2D eigenvalue weighted by Crippen LogP contribution is -2.03. The molecule has 1 unspecified atom stereocenters. The molecule has 0 saturated heterocycles. The zero-order chi connectivity index (χ0) is 14.7. The highest BCUT2D eigenvalue weighted by molar-refractivity contribution is 7.99. The Morgan fingerprint density at radius 1 is 1.19 bits per heavy atom. The van der Waals surface area contributed by atoms with Gasteiger partial charge in [-0.3, -0.25) is 4.79 Å². The molecule has 0 fully saturated rings. The Balaban J connectivity index is 1.60. The summed E-state index contributed by atoms with van der Waals surface area (Å²) >= 11 is 1.78. The number of carboxylic acid groups (broad SMARTS) is 1. The first kappa shape index (κ1) is 14.0. The molecule has 3 nitrogen and oxygen atoms in total. The minimum atomic E-state index is -0.796. The zero-order valence-electron chi connectivity index (χ0n) is 11.5. The molecular weight excluding hydrogens is 284 g/mol. The molecule has 0 bridgehead atoms. The molecule has 0 amide bonds. The molecule has 1 N–H and O–H groups in total. The molecule has 2 aromatic rings. The second kappa shape index (κ2) is 6.22. The van der Waals surface area contributed by atoms with E-state index in [1.807, 2.05) is 42.5 Å². The van der Waals surface area contributed by atoms with Crippen molar-refractivity contribution in [1.29, 1.82) is 0 Å². The van der Waals surface area contributed by atoms with Crippen molar-refractivity contribution in [1.82, 2.24) is 0 Å². The predicted octanol–water partition coefficient (Wildman–Crippen LogP) is 3.58. The number of hydrogen-bond acceptors (Lipinski definition) is 3. The van der Waals surface area contributed by atoms with Gasteiger partial charge in [-0.05, 0) is 23.8 Å². The van der Waals surface area contributed by atoms with E-state index in [0.717, 1.165) is 28.6 Å². The average molecular weight is 300 g/mol. The summed E-state index contributed by atoms with van der Waals surface area (Å²) in [6.45, 7) is 0.740. The number of para-hydroxylation sites is 1. The van der Waals surface area contributed by atoms with Gasteiger partial charge in [0.1, 0.15) is 5.75 Å². The number of rotatable bonds is 5. The number of thioether (sulfide) groups is 1. The van der Waals surface area contributed by atoms with Crippen LogP contribution in [0, 0.1) is 0 Å². The van der Waals surface area contributed by atoms with E-state index < -0.39 is 5.97 Å². The van der Waals surface area contributed by atoms with E-state index in [1.165, 1.54) is 5.56 Å². The second-order valence-electron chi connectivity index (χ2n) is 5.07. The van der Waals surface area contributed by atoms with Crippen LogP contribution < -0.4 is 4.74 Å². The molecule has 0 aromatic heterocycles. The zero-order valence-corrected chi connectivity index (χ0v) is 12.3. The Hall–Kier alpha value is -1.94. The Labute approximate surface area is 127 Å². The van der Waals surface area contributed by atoms with Crippen molar-refractivity contribution < 1.29 is 14.6 Å². The minimum Gasteiger partial charge on any atom is -0.493 e. The smallest absolute Gasteiger partial charge is 0.307 e. The SMILES string of the molecule is O=C(O)Cc1ccc(SCC2COc3ccccc32)cc1. The molecule has 2 aromatic carbocycles. The van der Waals surface area contributed by atoms with Gasteiger partial charge in [-0.15, -0.1) is 11.8 Å². The highest BCUT2D eigenvalue weighted by Gasteiger charge is 2.23. The first-order chi connectivity index (χ1) is 10.2. The van der Waals surface area contributed by atoms with Crippen molar-refractivity contribution in [2.75, 3.05) is 12.4 Å². The number of fused-ring (bicyclic) bond motifs is 1. The summed E-state index contributed by atoms with van der Waals surface area (Å²) in [5.74, 6) is 1.59. The second-order valence-corrected chi connectivity index (χ2v) is 6.16. The van der Waals surface area contributed by atoms with E-state index in [4.69, 9.17) is 9.84 Å². The summed E-state index contributed by atoms with van der Waals surface area (Å²) in [5.41, 5.74) is 2.12. The van der Waals surface area contributed by atoms with Crippen molar-refractivity contribution in [3.05, 3.63) is 59.7 Å². The van der Waals surface area contributed by atoms with E-state index in [1.54, 1.807) is 11.8 Å². The van der Waals surface area contributed by atoms with E-state index in [0.29, 0.717) is 5.92 Å². The molecule has 0 spiro atoms. The molecule has 0 radical (unpaired) electrons. The molecule has 0 aliphatic carbocycles. The first-order valence-corrected chi connectivity index (χ1v) is 7.86. The molecule has 1 aliphatic rings. The number of ether oxygens (including phenoxy) is 1. The number of aliphatic carboxylic acids is 1. The fourth-order valence-corrected chi connectivity index (χ4v) is 3.44. The van der Waals surface area contributed by atoms with E-state index in [2.05, 4.69) is 6.07 Å². The highest BCUT2D eigenvalue weighted by Crippen LogP contribution is 2.36. The lowest BCUT2D eigenvalue weighted by molar-refractivity contribution is -0.136. The van der Waals surface area contributed by atoms with E-state index in [-0.39, 0.29) is 6.42 Å². The van der Waals surface area contributed by atoms with Crippen LogP contribution in [0.2, 0.25) is 0 Å². The Kier molecular flexibility index (Phi) is 4.15. The van der Waals surface area contributed by atoms with Gasteiger partial charge in [-0.25, -0.2) is 0 Å². The number of carbonyl (C=O) groups is 1. The van der Waals surface area contributed by atoms with Crippen LogP contribution in [-0.2, 0) is 11.2 Å². The Bertz CT molecular complexity index is 637. The number of carboxylic acids is 1. The fourth-order valence-electron chi connectivity index (χ4n) is 2.44. The Morgan fingerprint density at radius 3 is 2.71 bits per heavy atom. The van der Waals surface area contributed by atoms with Gasteiger partial charge >= 0.3 is 5.97 Å². The van der Waals surface area contributed by atoms with Crippen molar-refractivity contribution in [3.63, 3.8) is 0 Å². The summed E-state index contributed by atoms with van der Waals surface area (Å²) in [7, 11) is 0. The third-order valence-corrected chi connectivity index (χ3v) is 4.70. The van der Waals surface area contributed by atoms with Gasteiger partial charge in [0, 0.05) is 22.1 Å². The van der Waals surface area contributed by atoms with Crippen molar-refractivity contribution in [2.24, 2.45) is 0 Å². The van der Waals surface area contributed by atoms with E-state index >= 15 is 0 Å². The van der Waals surface area contributed by atoms with Gasteiger partial charge in [0.25, 0.3) is 0 Å². The lowest BCUT2D eigenvalue weighted by Gasteiger charge is -2.08. The van der Waals surface area contributed by atoms with E-state index in [9.17, 15) is 4.79 Å². The topological polar surface area (TPSA) is 46.5 Å². The van der Waals surface area contributed by atoms with Gasteiger partial charge in [0.05, 0.1) is 13.0 Å². The molecule has 0 saturated carbocycles. The maximum Gasteiger partial charge on any atom is 0.307 e. The summed E-state index contributed by atoms with van der Waals surface area (Å²) < 4.78 is 5.68. The van der Waals surface area contributed by atoms with Gasteiger partial charge < -0.3 is 9.84 Å².